The third kappa shape index (κ3) is 5.33. The molecule has 0 aliphatic heterocycles. The number of fused-ring (bicyclic) bond motifs is 1. The zero-order valence-corrected chi connectivity index (χ0v) is 20.4. The van der Waals surface area contributed by atoms with Crippen molar-refractivity contribution in [1.82, 2.24) is 0 Å². The maximum atomic E-state index is 14.0. The van der Waals surface area contributed by atoms with E-state index < -0.39 is 17.8 Å². The fourth-order valence-electron chi connectivity index (χ4n) is 4.50. The highest BCUT2D eigenvalue weighted by molar-refractivity contribution is 6.17. The lowest BCUT2D eigenvalue weighted by atomic mass is 9.75. The summed E-state index contributed by atoms with van der Waals surface area (Å²) in [7, 11) is 0. The van der Waals surface area contributed by atoms with Gasteiger partial charge in [0.2, 0.25) is 0 Å². The topological polar surface area (TPSA) is 60.4 Å². The van der Waals surface area contributed by atoms with Crippen molar-refractivity contribution >= 4 is 28.3 Å². The van der Waals surface area contributed by atoms with Crippen LogP contribution in [0, 0.1) is 5.92 Å². The Morgan fingerprint density at radius 3 is 1.83 bits per heavy atom. The summed E-state index contributed by atoms with van der Waals surface area (Å²) in [5.74, 6) is -2.84. The van der Waals surface area contributed by atoms with E-state index in [1.54, 1.807) is 68.5 Å². The fraction of sp³-hybridized carbons (Fsp3) is 0.156. The first-order valence-electron chi connectivity index (χ1n) is 12.0. The van der Waals surface area contributed by atoms with Crippen LogP contribution in [0.15, 0.2) is 115 Å². The Kier molecular flexibility index (Phi) is 7.86. The molecule has 4 aromatic carbocycles. The van der Waals surface area contributed by atoms with Gasteiger partial charge in [-0.1, -0.05) is 109 Å². The summed E-state index contributed by atoms with van der Waals surface area (Å²) in [4.78, 5) is 40.7. The number of rotatable bonds is 9. The largest absolute Gasteiger partial charge is 0.463 e. The molecule has 0 radical (unpaired) electrons. The smallest absolute Gasteiger partial charge is 0.333 e. The van der Waals surface area contributed by atoms with Gasteiger partial charge in [-0.05, 0) is 30.2 Å². The molecule has 0 amide bonds. The van der Waals surface area contributed by atoms with E-state index in [4.69, 9.17) is 4.74 Å². The van der Waals surface area contributed by atoms with E-state index >= 15 is 0 Å². The summed E-state index contributed by atoms with van der Waals surface area (Å²) in [6, 6.07) is 31.3. The first kappa shape index (κ1) is 24.8. The number of carbonyl (C=O) groups excluding carboxylic acids is 3. The van der Waals surface area contributed by atoms with Crippen molar-refractivity contribution < 1.29 is 19.1 Å². The summed E-state index contributed by atoms with van der Waals surface area (Å²) in [6.45, 7) is 3.64. The first-order chi connectivity index (χ1) is 17.5. The van der Waals surface area contributed by atoms with Crippen LogP contribution in [-0.4, -0.2) is 24.1 Å². The normalized spacial score (nSPS) is 12.4. The van der Waals surface area contributed by atoms with Gasteiger partial charge in [0.15, 0.2) is 11.6 Å². The predicted molar refractivity (Wildman–Crippen MR) is 142 cm³/mol. The molecule has 36 heavy (non-hydrogen) atoms. The van der Waals surface area contributed by atoms with Gasteiger partial charge in [0.1, 0.15) is 0 Å². The van der Waals surface area contributed by atoms with Crippen LogP contribution in [0.5, 0.6) is 0 Å². The number of allylic oxidation sites excluding steroid dienone is 1. The van der Waals surface area contributed by atoms with Crippen molar-refractivity contribution in [2.45, 2.75) is 19.8 Å². The average molecular weight is 477 g/mol. The van der Waals surface area contributed by atoms with Gasteiger partial charge in [-0.15, -0.1) is 0 Å². The Balaban J connectivity index is 1.96. The van der Waals surface area contributed by atoms with Crippen LogP contribution in [0.4, 0.5) is 0 Å². The Labute approximate surface area is 211 Å². The molecule has 0 N–H and O–H groups in total. The number of esters is 1. The molecule has 4 nitrogen and oxygen atoms in total. The van der Waals surface area contributed by atoms with Gasteiger partial charge >= 0.3 is 5.97 Å². The molecular formula is C32H28O4. The van der Waals surface area contributed by atoms with E-state index in [1.165, 1.54) is 0 Å². The van der Waals surface area contributed by atoms with Crippen molar-refractivity contribution in [2.75, 3.05) is 6.61 Å². The zero-order chi connectivity index (χ0) is 25.5. The van der Waals surface area contributed by atoms with Crippen molar-refractivity contribution in [3.63, 3.8) is 0 Å². The number of carbonyl (C=O) groups is 3. The molecule has 0 saturated heterocycles. The van der Waals surface area contributed by atoms with E-state index in [-0.39, 0.29) is 18.2 Å². The van der Waals surface area contributed by atoms with Crippen LogP contribution in [0.25, 0.3) is 10.8 Å². The summed E-state index contributed by atoms with van der Waals surface area (Å²) in [6.07, 6.45) is 1.71. The van der Waals surface area contributed by atoms with Gasteiger partial charge in [0.25, 0.3) is 0 Å². The number of Topliss-reactive ketones (excluding diaryl/α,β-unsaturated/α-hetero) is 2. The maximum Gasteiger partial charge on any atom is 0.333 e. The predicted octanol–water partition coefficient (Wildman–Crippen LogP) is 6.81. The van der Waals surface area contributed by atoms with Gasteiger partial charge < -0.3 is 4.74 Å². The van der Waals surface area contributed by atoms with Gasteiger partial charge in [-0.25, -0.2) is 4.79 Å². The third-order valence-corrected chi connectivity index (χ3v) is 6.25. The summed E-state index contributed by atoms with van der Waals surface area (Å²) >= 11 is 0. The van der Waals surface area contributed by atoms with Gasteiger partial charge in [0.05, 0.1) is 12.5 Å². The zero-order valence-electron chi connectivity index (χ0n) is 20.4. The van der Waals surface area contributed by atoms with E-state index in [9.17, 15) is 14.4 Å². The van der Waals surface area contributed by atoms with Crippen LogP contribution in [0.1, 0.15) is 46.0 Å². The van der Waals surface area contributed by atoms with Crippen LogP contribution in [0.2, 0.25) is 0 Å². The molecule has 0 aliphatic rings. The highest BCUT2D eigenvalue weighted by Crippen LogP contribution is 2.37. The second-order valence-corrected chi connectivity index (χ2v) is 8.60. The minimum Gasteiger partial charge on any atom is -0.463 e. The number of benzene rings is 4. The van der Waals surface area contributed by atoms with Crippen molar-refractivity contribution in [3.8, 4) is 0 Å². The molecule has 1 unspecified atom stereocenters. The highest BCUT2D eigenvalue weighted by Gasteiger charge is 2.37. The molecule has 0 heterocycles. The summed E-state index contributed by atoms with van der Waals surface area (Å²) in [5.41, 5.74) is 2.04. The maximum absolute atomic E-state index is 14.0. The molecular weight excluding hydrogens is 448 g/mol. The monoisotopic (exact) mass is 476 g/mol. The third-order valence-electron chi connectivity index (χ3n) is 6.25. The second-order valence-electron chi connectivity index (χ2n) is 8.60. The van der Waals surface area contributed by atoms with Crippen molar-refractivity contribution in [2.24, 2.45) is 5.92 Å². The van der Waals surface area contributed by atoms with Crippen molar-refractivity contribution in [3.05, 3.63) is 131 Å². The molecule has 180 valence electrons. The molecule has 0 bridgehead atoms. The molecule has 0 saturated carbocycles. The quantitative estimate of drug-likeness (QED) is 0.115. The lowest BCUT2D eigenvalue weighted by molar-refractivity contribution is -0.138. The summed E-state index contributed by atoms with van der Waals surface area (Å²) < 4.78 is 5.22. The van der Waals surface area contributed by atoms with Crippen LogP contribution >= 0.6 is 0 Å². The number of hydrogen-bond donors (Lipinski definition) is 0. The standard InChI is InChI=1S/C32H28O4/c1-3-36-32(35)22(2)21-28(27-20-12-18-23-13-10-11-19-26(23)27)29(30(33)24-14-6-4-7-15-24)31(34)25-16-8-5-9-17-25/h4-21,28-29H,3H2,1-2H3/b22-21+. The minimum atomic E-state index is -1.08. The molecule has 4 heteroatoms. The summed E-state index contributed by atoms with van der Waals surface area (Å²) in [5, 5.41) is 1.91. The lowest BCUT2D eigenvalue weighted by Crippen LogP contribution is -2.30. The molecule has 0 aromatic heterocycles. The fourth-order valence-corrected chi connectivity index (χ4v) is 4.50. The van der Waals surface area contributed by atoms with E-state index in [1.807, 2.05) is 54.6 Å². The Bertz CT molecular complexity index is 1350. The lowest BCUT2D eigenvalue weighted by Gasteiger charge is -2.25. The number of ketones is 2. The van der Waals surface area contributed by atoms with Gasteiger partial charge in [-0.3, -0.25) is 9.59 Å². The van der Waals surface area contributed by atoms with Crippen LogP contribution in [-0.2, 0) is 9.53 Å². The molecule has 4 rings (SSSR count). The van der Waals surface area contributed by atoms with E-state index in [0.29, 0.717) is 16.7 Å². The first-order valence-corrected chi connectivity index (χ1v) is 12.0. The number of ether oxygens (including phenoxy) is 1. The molecule has 4 aromatic rings. The SMILES string of the molecule is CCOC(=O)/C(C)=C/C(c1cccc2ccccc12)C(C(=O)c1ccccc1)C(=O)c1ccccc1. The Hall–Kier alpha value is -4.31. The molecule has 0 spiro atoms. The molecule has 0 aliphatic carbocycles. The second kappa shape index (κ2) is 11.4. The van der Waals surface area contributed by atoms with Crippen LogP contribution < -0.4 is 0 Å². The van der Waals surface area contributed by atoms with Crippen LogP contribution in [0.3, 0.4) is 0 Å². The molecule has 0 fully saturated rings. The number of hydrogen-bond acceptors (Lipinski definition) is 4. The minimum absolute atomic E-state index is 0.234. The van der Waals surface area contributed by atoms with E-state index in [0.717, 1.165) is 16.3 Å². The highest BCUT2D eigenvalue weighted by atomic mass is 16.5. The Morgan fingerprint density at radius 2 is 1.25 bits per heavy atom. The van der Waals surface area contributed by atoms with Gasteiger partial charge in [0, 0.05) is 22.6 Å². The Morgan fingerprint density at radius 1 is 0.722 bits per heavy atom. The molecule has 1 atom stereocenters. The van der Waals surface area contributed by atoms with Crippen molar-refractivity contribution in [1.29, 1.82) is 0 Å². The average Bonchev–Trinajstić information content (AvgIpc) is 2.93. The van der Waals surface area contributed by atoms with Gasteiger partial charge in [-0.2, -0.15) is 0 Å². The van der Waals surface area contributed by atoms with E-state index in [2.05, 4.69) is 0 Å².